The van der Waals surface area contributed by atoms with Gasteiger partial charge >= 0.3 is 0 Å². The number of likely N-dealkylation sites (N-methyl/N-ethyl adjacent to an activating group) is 1. The van der Waals surface area contributed by atoms with E-state index in [2.05, 4.69) is 33.2 Å². The van der Waals surface area contributed by atoms with Gasteiger partial charge in [0.05, 0.1) is 12.7 Å². The van der Waals surface area contributed by atoms with Gasteiger partial charge in [-0.1, -0.05) is 33.6 Å². The highest BCUT2D eigenvalue weighted by molar-refractivity contribution is 9.10. The molecular formula is C13H18BrClN2O. The zero-order valence-electron chi connectivity index (χ0n) is 10.5. The quantitative estimate of drug-likeness (QED) is 0.916. The lowest BCUT2D eigenvalue weighted by Crippen LogP contribution is -2.44. The zero-order valence-corrected chi connectivity index (χ0v) is 12.8. The van der Waals surface area contributed by atoms with Gasteiger partial charge < -0.3 is 15.0 Å². The van der Waals surface area contributed by atoms with Crippen LogP contribution in [0.2, 0.25) is 5.02 Å². The fourth-order valence-corrected chi connectivity index (χ4v) is 2.85. The number of nitrogens with zero attached hydrogens (tertiary/aromatic N) is 1. The lowest BCUT2D eigenvalue weighted by atomic mass is 10.2. The molecular weight excluding hydrogens is 316 g/mol. The van der Waals surface area contributed by atoms with E-state index in [0.29, 0.717) is 0 Å². The van der Waals surface area contributed by atoms with Gasteiger partial charge in [0.25, 0.3) is 0 Å². The van der Waals surface area contributed by atoms with Crippen molar-refractivity contribution in [3.63, 3.8) is 0 Å². The molecule has 0 aromatic heterocycles. The van der Waals surface area contributed by atoms with Gasteiger partial charge in [-0.25, -0.2) is 0 Å². The first-order chi connectivity index (χ1) is 8.65. The molecule has 1 aromatic rings. The molecule has 1 fully saturated rings. The second kappa shape index (κ2) is 6.87. The molecule has 1 unspecified atom stereocenters. The Morgan fingerprint density at radius 1 is 1.56 bits per heavy atom. The average molecular weight is 334 g/mol. The average Bonchev–Trinajstić information content (AvgIpc) is 2.32. The molecule has 0 bridgehead atoms. The smallest absolute Gasteiger partial charge is 0.0826 e. The summed E-state index contributed by atoms with van der Waals surface area (Å²) in [7, 11) is 2.13. The van der Waals surface area contributed by atoms with Crippen LogP contribution < -0.4 is 5.32 Å². The third kappa shape index (κ3) is 4.21. The van der Waals surface area contributed by atoms with Gasteiger partial charge in [0, 0.05) is 35.7 Å². The molecule has 0 spiro atoms. The van der Waals surface area contributed by atoms with Crippen LogP contribution in [0.1, 0.15) is 5.56 Å². The number of hydrogen-bond donors (Lipinski definition) is 1. The summed E-state index contributed by atoms with van der Waals surface area (Å²) in [5.41, 5.74) is 1.21. The highest BCUT2D eigenvalue weighted by Crippen LogP contribution is 2.21. The summed E-state index contributed by atoms with van der Waals surface area (Å²) in [6, 6.07) is 5.87. The first-order valence-corrected chi connectivity index (χ1v) is 7.27. The van der Waals surface area contributed by atoms with E-state index in [1.165, 1.54) is 5.56 Å². The Kier molecular flexibility index (Phi) is 5.45. The van der Waals surface area contributed by atoms with E-state index in [1.807, 2.05) is 18.2 Å². The van der Waals surface area contributed by atoms with Crippen molar-refractivity contribution in [2.24, 2.45) is 0 Å². The number of nitrogens with one attached hydrogen (secondary N) is 1. The van der Waals surface area contributed by atoms with Crippen molar-refractivity contribution in [1.29, 1.82) is 0 Å². The number of hydrogen-bond acceptors (Lipinski definition) is 3. The van der Waals surface area contributed by atoms with Gasteiger partial charge in [0.1, 0.15) is 0 Å². The largest absolute Gasteiger partial charge is 0.374 e. The number of benzene rings is 1. The van der Waals surface area contributed by atoms with Crippen LogP contribution in [0.25, 0.3) is 0 Å². The molecule has 1 N–H and O–H groups in total. The Morgan fingerprint density at radius 3 is 3.11 bits per heavy atom. The first-order valence-electron chi connectivity index (χ1n) is 6.10. The summed E-state index contributed by atoms with van der Waals surface area (Å²) >= 11 is 9.43. The molecule has 1 aliphatic rings. The topological polar surface area (TPSA) is 24.5 Å². The van der Waals surface area contributed by atoms with Gasteiger partial charge in [-0.3, -0.25) is 0 Å². The minimum atomic E-state index is 0.287. The van der Waals surface area contributed by atoms with Crippen LogP contribution in [0.3, 0.4) is 0 Å². The SMILES string of the molecule is CN1CCOC(CNCc2ccc(Cl)cc2Br)C1. The van der Waals surface area contributed by atoms with Crippen LogP contribution >= 0.6 is 27.5 Å². The van der Waals surface area contributed by atoms with Crippen molar-refractivity contribution in [3.05, 3.63) is 33.3 Å². The first kappa shape index (κ1) is 14.3. The van der Waals surface area contributed by atoms with Gasteiger partial charge in [0.15, 0.2) is 0 Å². The minimum absolute atomic E-state index is 0.287. The van der Waals surface area contributed by atoms with Crippen molar-refractivity contribution in [1.82, 2.24) is 10.2 Å². The van der Waals surface area contributed by atoms with E-state index >= 15 is 0 Å². The molecule has 0 amide bonds. The molecule has 1 aromatic carbocycles. The number of ether oxygens (including phenoxy) is 1. The summed E-state index contributed by atoms with van der Waals surface area (Å²) in [5.74, 6) is 0. The number of halogens is 2. The second-order valence-corrected chi connectivity index (χ2v) is 5.91. The molecule has 1 atom stereocenters. The molecule has 1 heterocycles. The van der Waals surface area contributed by atoms with Gasteiger partial charge in [-0.15, -0.1) is 0 Å². The number of morpholine rings is 1. The van der Waals surface area contributed by atoms with Crippen LogP contribution in [-0.4, -0.2) is 44.3 Å². The monoisotopic (exact) mass is 332 g/mol. The highest BCUT2D eigenvalue weighted by atomic mass is 79.9. The van der Waals surface area contributed by atoms with Gasteiger partial charge in [0.2, 0.25) is 0 Å². The minimum Gasteiger partial charge on any atom is -0.374 e. The fraction of sp³-hybridized carbons (Fsp3) is 0.538. The predicted octanol–water partition coefficient (Wildman–Crippen LogP) is 2.52. The molecule has 3 nitrogen and oxygen atoms in total. The van der Waals surface area contributed by atoms with Crippen molar-refractivity contribution in [2.45, 2.75) is 12.6 Å². The van der Waals surface area contributed by atoms with Crippen LogP contribution in [0.5, 0.6) is 0 Å². The van der Waals surface area contributed by atoms with Crippen LogP contribution in [0.15, 0.2) is 22.7 Å². The molecule has 0 radical (unpaired) electrons. The van der Waals surface area contributed by atoms with Crippen molar-refractivity contribution >= 4 is 27.5 Å². The molecule has 0 saturated carbocycles. The number of rotatable bonds is 4. The van der Waals surface area contributed by atoms with Gasteiger partial charge in [-0.2, -0.15) is 0 Å². The summed E-state index contributed by atoms with van der Waals surface area (Å²) in [4.78, 5) is 2.30. The molecule has 0 aliphatic carbocycles. The molecule has 2 rings (SSSR count). The maximum absolute atomic E-state index is 5.91. The van der Waals surface area contributed by atoms with Crippen molar-refractivity contribution in [3.8, 4) is 0 Å². The lowest BCUT2D eigenvalue weighted by Gasteiger charge is -2.30. The third-order valence-electron chi connectivity index (χ3n) is 3.04. The summed E-state index contributed by atoms with van der Waals surface area (Å²) in [6.07, 6.45) is 0.287. The lowest BCUT2D eigenvalue weighted by molar-refractivity contribution is -0.0182. The van der Waals surface area contributed by atoms with Crippen molar-refractivity contribution in [2.75, 3.05) is 33.3 Å². The standard InChI is InChI=1S/C13H18BrClN2O/c1-17-4-5-18-12(9-17)8-16-7-10-2-3-11(15)6-13(10)14/h2-3,6,12,16H,4-5,7-9H2,1H3. The highest BCUT2D eigenvalue weighted by Gasteiger charge is 2.16. The Hall–Kier alpha value is -0.130. The van der Waals surface area contributed by atoms with Crippen LogP contribution in [0.4, 0.5) is 0 Å². The molecule has 18 heavy (non-hydrogen) atoms. The molecule has 1 saturated heterocycles. The molecule has 5 heteroatoms. The Balaban J connectivity index is 1.77. The summed E-state index contributed by atoms with van der Waals surface area (Å²) in [6.45, 7) is 4.54. The Labute approximate surface area is 122 Å². The normalized spacial score (nSPS) is 21.2. The Morgan fingerprint density at radius 2 is 2.39 bits per heavy atom. The third-order valence-corrected chi connectivity index (χ3v) is 4.02. The fourth-order valence-electron chi connectivity index (χ4n) is 2.02. The van der Waals surface area contributed by atoms with E-state index < -0.39 is 0 Å². The summed E-state index contributed by atoms with van der Waals surface area (Å²) in [5, 5.41) is 4.18. The Bertz CT molecular complexity index is 403. The van der Waals surface area contributed by atoms with Crippen LogP contribution in [0, 0.1) is 0 Å². The second-order valence-electron chi connectivity index (χ2n) is 4.62. The van der Waals surface area contributed by atoms with Crippen LogP contribution in [-0.2, 0) is 11.3 Å². The molecule has 1 aliphatic heterocycles. The van der Waals surface area contributed by atoms with Gasteiger partial charge in [-0.05, 0) is 24.7 Å². The van der Waals surface area contributed by atoms with E-state index in [4.69, 9.17) is 16.3 Å². The summed E-state index contributed by atoms with van der Waals surface area (Å²) < 4.78 is 6.74. The van der Waals surface area contributed by atoms with E-state index in [0.717, 1.165) is 42.3 Å². The maximum Gasteiger partial charge on any atom is 0.0826 e. The van der Waals surface area contributed by atoms with E-state index in [-0.39, 0.29) is 6.10 Å². The predicted molar refractivity (Wildman–Crippen MR) is 78.1 cm³/mol. The maximum atomic E-state index is 5.91. The van der Waals surface area contributed by atoms with E-state index in [9.17, 15) is 0 Å². The van der Waals surface area contributed by atoms with E-state index in [1.54, 1.807) is 0 Å². The molecule has 100 valence electrons. The zero-order chi connectivity index (χ0) is 13.0. The van der Waals surface area contributed by atoms with Crippen molar-refractivity contribution < 1.29 is 4.74 Å².